The largest absolute Gasteiger partial charge is 0.352 e. The summed E-state index contributed by atoms with van der Waals surface area (Å²) < 4.78 is 0. The standard InChI is InChI=1S/C12H25N3O/c1-10(12(16)14-11-6-7-11)13-8-4-5-9-15(2)3/h10-11,13H,4-9H2,1-3H3,(H,14,16). The predicted molar refractivity (Wildman–Crippen MR) is 66.4 cm³/mol. The molecule has 16 heavy (non-hydrogen) atoms. The molecule has 2 N–H and O–H groups in total. The minimum Gasteiger partial charge on any atom is -0.352 e. The van der Waals surface area contributed by atoms with Gasteiger partial charge in [-0.2, -0.15) is 0 Å². The summed E-state index contributed by atoms with van der Waals surface area (Å²) in [5.74, 6) is 0.148. The fourth-order valence-electron chi connectivity index (χ4n) is 1.52. The first-order valence-electron chi connectivity index (χ1n) is 6.28. The molecule has 0 radical (unpaired) electrons. The number of rotatable bonds is 8. The Morgan fingerprint density at radius 3 is 2.62 bits per heavy atom. The zero-order chi connectivity index (χ0) is 12.0. The molecule has 0 spiro atoms. The first-order valence-corrected chi connectivity index (χ1v) is 6.28. The third-order valence-electron chi connectivity index (χ3n) is 2.80. The molecule has 0 aromatic carbocycles. The van der Waals surface area contributed by atoms with Crippen LogP contribution in [0.3, 0.4) is 0 Å². The lowest BCUT2D eigenvalue weighted by Crippen LogP contribution is -2.43. The number of nitrogens with one attached hydrogen (secondary N) is 2. The molecule has 4 heteroatoms. The summed E-state index contributed by atoms with van der Waals surface area (Å²) >= 11 is 0. The molecule has 1 amide bonds. The molecule has 0 aliphatic heterocycles. The maximum Gasteiger partial charge on any atom is 0.237 e. The summed E-state index contributed by atoms with van der Waals surface area (Å²) in [5, 5.41) is 6.26. The van der Waals surface area contributed by atoms with Gasteiger partial charge in [0, 0.05) is 6.04 Å². The zero-order valence-electron chi connectivity index (χ0n) is 10.8. The van der Waals surface area contributed by atoms with Crippen molar-refractivity contribution in [3.05, 3.63) is 0 Å². The van der Waals surface area contributed by atoms with E-state index in [9.17, 15) is 4.79 Å². The molecule has 1 unspecified atom stereocenters. The molecular formula is C12H25N3O. The number of amides is 1. The molecule has 4 nitrogen and oxygen atoms in total. The Morgan fingerprint density at radius 2 is 2.06 bits per heavy atom. The van der Waals surface area contributed by atoms with Gasteiger partial charge < -0.3 is 15.5 Å². The van der Waals surface area contributed by atoms with Crippen molar-refractivity contribution in [2.75, 3.05) is 27.2 Å². The number of unbranched alkanes of at least 4 members (excludes halogenated alkanes) is 1. The maximum atomic E-state index is 11.6. The number of carbonyl (C=O) groups is 1. The molecule has 1 aliphatic carbocycles. The highest BCUT2D eigenvalue weighted by Gasteiger charge is 2.25. The van der Waals surface area contributed by atoms with Gasteiger partial charge in [-0.25, -0.2) is 0 Å². The van der Waals surface area contributed by atoms with Crippen LogP contribution in [-0.2, 0) is 4.79 Å². The van der Waals surface area contributed by atoms with Gasteiger partial charge in [0.25, 0.3) is 0 Å². The van der Waals surface area contributed by atoms with Crippen molar-refractivity contribution in [2.24, 2.45) is 0 Å². The average Bonchev–Trinajstić information content (AvgIpc) is 3.00. The smallest absolute Gasteiger partial charge is 0.237 e. The quantitative estimate of drug-likeness (QED) is 0.596. The number of hydrogen-bond donors (Lipinski definition) is 2. The van der Waals surface area contributed by atoms with Crippen LogP contribution in [0.1, 0.15) is 32.6 Å². The summed E-state index contributed by atoms with van der Waals surface area (Å²) in [5.41, 5.74) is 0. The molecule has 0 aromatic heterocycles. The third kappa shape index (κ3) is 6.08. The molecule has 0 aromatic rings. The first-order chi connectivity index (χ1) is 7.59. The molecule has 0 saturated heterocycles. The summed E-state index contributed by atoms with van der Waals surface area (Å²) in [6.45, 7) is 3.97. The Hall–Kier alpha value is -0.610. The molecule has 1 saturated carbocycles. The van der Waals surface area contributed by atoms with Crippen LogP contribution in [0.5, 0.6) is 0 Å². The van der Waals surface area contributed by atoms with E-state index in [0.717, 1.165) is 32.4 Å². The Balaban J connectivity index is 1.96. The van der Waals surface area contributed by atoms with Crippen molar-refractivity contribution in [2.45, 2.75) is 44.7 Å². The van der Waals surface area contributed by atoms with Crippen molar-refractivity contribution in [1.82, 2.24) is 15.5 Å². The maximum absolute atomic E-state index is 11.6. The predicted octanol–water partition coefficient (Wildman–Crippen LogP) is 0.585. The van der Waals surface area contributed by atoms with Crippen LogP contribution in [0.15, 0.2) is 0 Å². The van der Waals surface area contributed by atoms with Gasteiger partial charge in [0.05, 0.1) is 6.04 Å². The van der Waals surface area contributed by atoms with Crippen LogP contribution in [0.4, 0.5) is 0 Å². The van der Waals surface area contributed by atoms with Crippen LogP contribution in [0, 0.1) is 0 Å². The van der Waals surface area contributed by atoms with Gasteiger partial charge in [-0.05, 0) is 59.8 Å². The van der Waals surface area contributed by atoms with Crippen molar-refractivity contribution in [3.8, 4) is 0 Å². The molecular weight excluding hydrogens is 202 g/mol. The van der Waals surface area contributed by atoms with E-state index in [4.69, 9.17) is 0 Å². The molecule has 94 valence electrons. The van der Waals surface area contributed by atoms with Crippen LogP contribution in [0.2, 0.25) is 0 Å². The first kappa shape index (κ1) is 13.5. The van der Waals surface area contributed by atoms with Gasteiger partial charge in [-0.3, -0.25) is 4.79 Å². The lowest BCUT2D eigenvalue weighted by Gasteiger charge is -2.14. The van der Waals surface area contributed by atoms with E-state index < -0.39 is 0 Å². The Bertz CT molecular complexity index is 214. The van der Waals surface area contributed by atoms with Crippen molar-refractivity contribution >= 4 is 5.91 Å². The fraction of sp³-hybridized carbons (Fsp3) is 0.917. The highest BCUT2D eigenvalue weighted by atomic mass is 16.2. The van der Waals surface area contributed by atoms with E-state index in [1.807, 2.05) is 6.92 Å². The summed E-state index contributed by atoms with van der Waals surface area (Å²) in [6, 6.07) is 0.408. The Kier molecular flexibility index (Phi) is 5.77. The van der Waals surface area contributed by atoms with Gasteiger partial charge in [-0.1, -0.05) is 0 Å². The lowest BCUT2D eigenvalue weighted by atomic mass is 10.2. The number of carbonyl (C=O) groups excluding carboxylic acids is 1. The van der Waals surface area contributed by atoms with E-state index in [0.29, 0.717) is 6.04 Å². The van der Waals surface area contributed by atoms with Crippen molar-refractivity contribution in [1.29, 1.82) is 0 Å². The minimum atomic E-state index is -0.0556. The van der Waals surface area contributed by atoms with E-state index in [1.54, 1.807) is 0 Å². The van der Waals surface area contributed by atoms with E-state index in [2.05, 4.69) is 29.6 Å². The molecule has 0 heterocycles. The van der Waals surface area contributed by atoms with E-state index in [1.165, 1.54) is 6.42 Å². The SMILES string of the molecule is CC(NCCCCN(C)C)C(=O)NC1CC1. The second-order valence-corrected chi connectivity index (χ2v) is 4.97. The second kappa shape index (κ2) is 6.86. The van der Waals surface area contributed by atoms with Crippen LogP contribution in [-0.4, -0.2) is 50.1 Å². The van der Waals surface area contributed by atoms with E-state index in [-0.39, 0.29) is 11.9 Å². The van der Waals surface area contributed by atoms with E-state index >= 15 is 0 Å². The summed E-state index contributed by atoms with van der Waals surface area (Å²) in [7, 11) is 4.16. The third-order valence-corrected chi connectivity index (χ3v) is 2.80. The summed E-state index contributed by atoms with van der Waals surface area (Å²) in [6.07, 6.45) is 4.61. The van der Waals surface area contributed by atoms with Gasteiger partial charge in [0.2, 0.25) is 5.91 Å². The van der Waals surface area contributed by atoms with Crippen LogP contribution in [0.25, 0.3) is 0 Å². The number of hydrogen-bond acceptors (Lipinski definition) is 3. The van der Waals surface area contributed by atoms with Gasteiger partial charge in [-0.15, -0.1) is 0 Å². The lowest BCUT2D eigenvalue weighted by molar-refractivity contribution is -0.122. The molecule has 0 bridgehead atoms. The van der Waals surface area contributed by atoms with Crippen LogP contribution >= 0.6 is 0 Å². The number of nitrogens with zero attached hydrogens (tertiary/aromatic N) is 1. The highest BCUT2D eigenvalue weighted by molar-refractivity contribution is 5.81. The Morgan fingerprint density at radius 1 is 1.38 bits per heavy atom. The highest BCUT2D eigenvalue weighted by Crippen LogP contribution is 2.18. The normalized spacial score (nSPS) is 17.5. The average molecular weight is 227 g/mol. The minimum absolute atomic E-state index is 0.0556. The molecule has 1 aliphatic rings. The zero-order valence-corrected chi connectivity index (χ0v) is 10.8. The fourth-order valence-corrected chi connectivity index (χ4v) is 1.52. The topological polar surface area (TPSA) is 44.4 Å². The van der Waals surface area contributed by atoms with Gasteiger partial charge in [0.15, 0.2) is 0 Å². The summed E-state index contributed by atoms with van der Waals surface area (Å²) in [4.78, 5) is 13.8. The Labute approximate surface area is 98.8 Å². The van der Waals surface area contributed by atoms with Crippen molar-refractivity contribution < 1.29 is 4.79 Å². The molecule has 1 atom stereocenters. The van der Waals surface area contributed by atoms with Crippen molar-refractivity contribution in [3.63, 3.8) is 0 Å². The molecule has 1 rings (SSSR count). The van der Waals surface area contributed by atoms with Crippen LogP contribution < -0.4 is 10.6 Å². The monoisotopic (exact) mass is 227 g/mol. The second-order valence-electron chi connectivity index (χ2n) is 4.97. The molecule has 1 fully saturated rings. The van der Waals surface area contributed by atoms with Gasteiger partial charge in [0.1, 0.15) is 0 Å². The van der Waals surface area contributed by atoms with Gasteiger partial charge >= 0.3 is 0 Å².